The molecule has 3 aromatic rings. The number of amides is 1. The van der Waals surface area contributed by atoms with Crippen molar-refractivity contribution in [1.82, 2.24) is 14.7 Å². The minimum absolute atomic E-state index is 0.0262. The Morgan fingerprint density at radius 3 is 2.38 bits per heavy atom. The molecular formula is C26H29N3O3. The molecule has 0 fully saturated rings. The molecule has 166 valence electrons. The van der Waals surface area contributed by atoms with Crippen LogP contribution < -0.4 is 9.47 Å². The largest absolute Gasteiger partial charge is 0.493 e. The number of methoxy groups -OCH3 is 2. The highest BCUT2D eigenvalue weighted by atomic mass is 16.5. The number of nitrogens with zero attached hydrogens (tertiary/aromatic N) is 3. The van der Waals surface area contributed by atoms with Crippen LogP contribution in [0.3, 0.4) is 0 Å². The van der Waals surface area contributed by atoms with Crippen LogP contribution in [0, 0.1) is 0 Å². The van der Waals surface area contributed by atoms with Gasteiger partial charge in [-0.25, -0.2) is 4.68 Å². The maximum atomic E-state index is 13.7. The van der Waals surface area contributed by atoms with Crippen LogP contribution in [0.1, 0.15) is 52.1 Å². The lowest BCUT2D eigenvalue weighted by molar-refractivity contribution is 0.0726. The third-order valence-corrected chi connectivity index (χ3v) is 6.64. The third kappa shape index (κ3) is 3.64. The number of aromatic nitrogens is 2. The molecule has 1 aliphatic heterocycles. The van der Waals surface area contributed by atoms with Gasteiger partial charge in [0, 0.05) is 24.3 Å². The molecule has 32 heavy (non-hydrogen) atoms. The van der Waals surface area contributed by atoms with Gasteiger partial charge in [0.2, 0.25) is 0 Å². The number of fused-ring (bicyclic) bond motifs is 2. The number of ether oxygens (including phenoxy) is 2. The minimum Gasteiger partial charge on any atom is -0.493 e. The Bertz CT molecular complexity index is 1140. The highest BCUT2D eigenvalue weighted by molar-refractivity contribution is 5.94. The summed E-state index contributed by atoms with van der Waals surface area (Å²) < 4.78 is 12.9. The number of carbonyl (C=O) groups is 1. The first-order valence-electron chi connectivity index (χ1n) is 11.4. The fourth-order valence-corrected chi connectivity index (χ4v) is 4.94. The normalized spacial score (nSPS) is 15.5. The number of para-hydroxylation sites is 1. The van der Waals surface area contributed by atoms with Gasteiger partial charge in [0.05, 0.1) is 19.9 Å². The van der Waals surface area contributed by atoms with E-state index < -0.39 is 0 Å². The van der Waals surface area contributed by atoms with Crippen LogP contribution in [0.25, 0.3) is 5.69 Å². The summed E-state index contributed by atoms with van der Waals surface area (Å²) in [6, 6.07) is 14.2. The maximum Gasteiger partial charge on any atom is 0.274 e. The summed E-state index contributed by atoms with van der Waals surface area (Å²) in [7, 11) is 3.29. The van der Waals surface area contributed by atoms with Crippen molar-refractivity contribution in [3.05, 3.63) is 70.5 Å². The second kappa shape index (κ2) is 8.69. The lowest BCUT2D eigenvalue weighted by atomic mass is 9.98. The number of benzene rings is 2. The van der Waals surface area contributed by atoms with Crippen molar-refractivity contribution < 1.29 is 14.3 Å². The molecule has 0 unspecified atom stereocenters. The summed E-state index contributed by atoms with van der Waals surface area (Å²) in [5.41, 5.74) is 6.28. The topological polar surface area (TPSA) is 56.6 Å². The Kier molecular flexibility index (Phi) is 5.60. The van der Waals surface area contributed by atoms with Crippen LogP contribution in [-0.2, 0) is 25.8 Å². The highest BCUT2D eigenvalue weighted by Crippen LogP contribution is 2.34. The fraction of sp³-hybridized carbons (Fsp3) is 0.385. The molecule has 5 rings (SSSR count). The standard InChI is InChI=1S/C26H29N3O3/c1-31-23-15-18-13-14-28(17-19(18)16-24(23)32-2)26(30)25-21-11-7-4-8-12-22(21)29(27-25)20-9-5-3-6-10-20/h3,5-6,9-10,15-16H,4,7-8,11-14,17H2,1-2H3. The Morgan fingerprint density at radius 2 is 1.62 bits per heavy atom. The first kappa shape index (κ1) is 20.6. The molecule has 1 amide bonds. The van der Waals surface area contributed by atoms with E-state index in [4.69, 9.17) is 14.6 Å². The van der Waals surface area contributed by atoms with Crippen molar-refractivity contribution in [3.8, 4) is 17.2 Å². The average Bonchev–Trinajstić information content (AvgIpc) is 3.03. The quantitative estimate of drug-likeness (QED) is 0.576. The van der Waals surface area contributed by atoms with Gasteiger partial charge in [-0.15, -0.1) is 0 Å². The predicted octanol–water partition coefficient (Wildman–Crippen LogP) is 4.36. The van der Waals surface area contributed by atoms with E-state index in [1.54, 1.807) is 14.2 Å². The first-order valence-corrected chi connectivity index (χ1v) is 11.4. The van der Waals surface area contributed by atoms with Crippen molar-refractivity contribution in [1.29, 1.82) is 0 Å². The van der Waals surface area contributed by atoms with Crippen molar-refractivity contribution in [2.24, 2.45) is 0 Å². The van der Waals surface area contributed by atoms with Gasteiger partial charge in [-0.2, -0.15) is 5.10 Å². The molecular weight excluding hydrogens is 402 g/mol. The van der Waals surface area contributed by atoms with Crippen molar-refractivity contribution in [2.75, 3.05) is 20.8 Å². The van der Waals surface area contributed by atoms with Gasteiger partial charge in [-0.3, -0.25) is 4.79 Å². The summed E-state index contributed by atoms with van der Waals surface area (Å²) in [5, 5.41) is 4.88. The molecule has 1 aromatic heterocycles. The first-order chi connectivity index (χ1) is 15.7. The van der Waals surface area contributed by atoms with E-state index in [9.17, 15) is 4.79 Å². The number of hydrogen-bond donors (Lipinski definition) is 0. The minimum atomic E-state index is 0.0262. The van der Waals surface area contributed by atoms with Crippen LogP contribution in [0.2, 0.25) is 0 Å². The van der Waals surface area contributed by atoms with Crippen LogP contribution in [0.15, 0.2) is 42.5 Å². The molecule has 2 heterocycles. The van der Waals surface area contributed by atoms with Crippen LogP contribution in [0.4, 0.5) is 0 Å². The molecule has 0 spiro atoms. The smallest absolute Gasteiger partial charge is 0.274 e. The summed E-state index contributed by atoms with van der Waals surface area (Å²) in [6.07, 6.45) is 6.10. The van der Waals surface area contributed by atoms with E-state index in [1.807, 2.05) is 39.9 Å². The summed E-state index contributed by atoms with van der Waals surface area (Å²) in [6.45, 7) is 1.23. The van der Waals surface area contributed by atoms with Crippen LogP contribution in [-0.4, -0.2) is 41.4 Å². The van der Waals surface area contributed by atoms with Gasteiger partial charge < -0.3 is 14.4 Å². The van der Waals surface area contributed by atoms with Gasteiger partial charge in [0.15, 0.2) is 17.2 Å². The van der Waals surface area contributed by atoms with Gasteiger partial charge in [0.1, 0.15) is 0 Å². The molecule has 0 saturated carbocycles. The van der Waals surface area contributed by atoms with E-state index in [0.29, 0.717) is 24.5 Å². The van der Waals surface area contributed by atoms with Crippen molar-refractivity contribution in [2.45, 2.75) is 45.1 Å². The Balaban J connectivity index is 1.49. The molecule has 2 aliphatic rings. The monoisotopic (exact) mass is 431 g/mol. The third-order valence-electron chi connectivity index (χ3n) is 6.64. The lowest BCUT2D eigenvalue weighted by Gasteiger charge is -2.29. The van der Waals surface area contributed by atoms with Gasteiger partial charge >= 0.3 is 0 Å². The zero-order chi connectivity index (χ0) is 22.1. The van der Waals surface area contributed by atoms with Crippen LogP contribution >= 0.6 is 0 Å². The molecule has 1 aliphatic carbocycles. The summed E-state index contributed by atoms with van der Waals surface area (Å²) >= 11 is 0. The Morgan fingerprint density at radius 1 is 0.906 bits per heavy atom. The second-order valence-electron chi connectivity index (χ2n) is 8.53. The Labute approximate surface area is 188 Å². The lowest BCUT2D eigenvalue weighted by Crippen LogP contribution is -2.36. The molecule has 6 heteroatoms. The zero-order valence-electron chi connectivity index (χ0n) is 18.8. The van der Waals surface area contributed by atoms with Gasteiger partial charge in [0.25, 0.3) is 5.91 Å². The van der Waals surface area contributed by atoms with E-state index in [2.05, 4.69) is 12.1 Å². The maximum absolute atomic E-state index is 13.7. The molecule has 0 bridgehead atoms. The van der Waals surface area contributed by atoms with E-state index in [1.165, 1.54) is 17.7 Å². The van der Waals surface area contributed by atoms with Crippen molar-refractivity contribution in [3.63, 3.8) is 0 Å². The molecule has 0 N–H and O–H groups in total. The summed E-state index contributed by atoms with van der Waals surface area (Å²) in [4.78, 5) is 15.6. The number of rotatable bonds is 4. The number of hydrogen-bond acceptors (Lipinski definition) is 4. The van der Waals surface area contributed by atoms with Gasteiger partial charge in [-0.05, 0) is 67.5 Å². The second-order valence-corrected chi connectivity index (χ2v) is 8.53. The van der Waals surface area contributed by atoms with E-state index >= 15 is 0 Å². The molecule has 0 saturated heterocycles. The highest BCUT2D eigenvalue weighted by Gasteiger charge is 2.30. The molecule has 6 nitrogen and oxygen atoms in total. The Hall–Kier alpha value is -3.28. The van der Waals surface area contributed by atoms with Crippen molar-refractivity contribution >= 4 is 5.91 Å². The number of carbonyl (C=O) groups excluding carboxylic acids is 1. The van der Waals surface area contributed by atoms with Crippen LogP contribution in [0.5, 0.6) is 11.5 Å². The van der Waals surface area contributed by atoms with Gasteiger partial charge in [-0.1, -0.05) is 24.6 Å². The van der Waals surface area contributed by atoms with E-state index in [-0.39, 0.29) is 5.91 Å². The molecule has 0 atom stereocenters. The zero-order valence-corrected chi connectivity index (χ0v) is 18.8. The fourth-order valence-electron chi connectivity index (χ4n) is 4.94. The molecule has 2 aromatic carbocycles. The molecule has 0 radical (unpaired) electrons. The predicted molar refractivity (Wildman–Crippen MR) is 123 cm³/mol. The summed E-state index contributed by atoms with van der Waals surface area (Å²) in [5.74, 6) is 1.46. The SMILES string of the molecule is COc1cc2c(cc1OC)CN(C(=O)c1nn(-c3ccccc3)c3c1CCCCC3)CC2. The average molecular weight is 432 g/mol. The van der Waals surface area contributed by atoms with E-state index in [0.717, 1.165) is 54.7 Å².